The monoisotopic (exact) mass is 378 g/mol. The Labute approximate surface area is 129 Å². The predicted octanol–water partition coefficient (Wildman–Crippen LogP) is 4.00. The van der Waals surface area contributed by atoms with Crippen LogP contribution in [0.1, 0.15) is 31.9 Å². The smallest absolute Gasteiger partial charge is 0.124 e. The lowest BCUT2D eigenvalue weighted by atomic mass is 10.1. The minimum atomic E-state index is -0.142. The number of ether oxygens (including phenoxy) is 3. The van der Waals surface area contributed by atoms with Gasteiger partial charge in [0.1, 0.15) is 5.75 Å². The van der Waals surface area contributed by atoms with Crippen molar-refractivity contribution < 1.29 is 14.2 Å². The number of benzene rings is 1. The van der Waals surface area contributed by atoms with Crippen LogP contribution in [0.25, 0.3) is 0 Å². The van der Waals surface area contributed by atoms with Crippen LogP contribution in [0.15, 0.2) is 24.3 Å². The summed E-state index contributed by atoms with van der Waals surface area (Å²) in [4.78, 5) is 0. The van der Waals surface area contributed by atoms with E-state index in [4.69, 9.17) is 14.2 Å². The van der Waals surface area contributed by atoms with Gasteiger partial charge in [-0.2, -0.15) is 0 Å². The molecule has 0 N–H and O–H groups in total. The molecule has 0 aliphatic rings. The summed E-state index contributed by atoms with van der Waals surface area (Å²) in [7, 11) is 3.42. The average molecular weight is 378 g/mol. The summed E-state index contributed by atoms with van der Waals surface area (Å²) >= 11 is 2.34. The maximum absolute atomic E-state index is 5.99. The van der Waals surface area contributed by atoms with Gasteiger partial charge in [0, 0.05) is 17.1 Å². The normalized spacial score (nSPS) is 13.3. The quantitative estimate of drug-likeness (QED) is 0.506. The topological polar surface area (TPSA) is 27.7 Å². The van der Waals surface area contributed by atoms with Gasteiger partial charge < -0.3 is 14.2 Å². The van der Waals surface area contributed by atoms with Crippen LogP contribution in [-0.2, 0) is 9.47 Å². The first kappa shape index (κ1) is 16.7. The summed E-state index contributed by atoms with van der Waals surface area (Å²) in [6, 6.07) is 8.01. The first-order valence-corrected chi connectivity index (χ1v) is 7.92. The van der Waals surface area contributed by atoms with E-state index in [0.29, 0.717) is 6.61 Å². The largest absolute Gasteiger partial charge is 0.496 e. The number of hydrogen-bond acceptors (Lipinski definition) is 3. The van der Waals surface area contributed by atoms with Crippen LogP contribution in [0.3, 0.4) is 0 Å². The van der Waals surface area contributed by atoms with E-state index in [2.05, 4.69) is 42.5 Å². The van der Waals surface area contributed by atoms with Gasteiger partial charge in [0.2, 0.25) is 0 Å². The van der Waals surface area contributed by atoms with Crippen LogP contribution >= 0.6 is 22.6 Å². The highest BCUT2D eigenvalue weighted by Gasteiger charge is 2.19. The molecule has 1 rings (SSSR count). The van der Waals surface area contributed by atoms with E-state index in [-0.39, 0.29) is 11.7 Å². The Morgan fingerprint density at radius 1 is 1.21 bits per heavy atom. The molecule has 1 unspecified atom stereocenters. The molecule has 0 aliphatic heterocycles. The van der Waals surface area contributed by atoms with Crippen molar-refractivity contribution in [3.8, 4) is 5.75 Å². The molecule has 19 heavy (non-hydrogen) atoms. The van der Waals surface area contributed by atoms with E-state index in [1.807, 2.05) is 18.2 Å². The molecular weight excluding hydrogens is 355 g/mol. The second-order valence-corrected chi connectivity index (χ2v) is 5.85. The minimum absolute atomic E-state index is 0.0596. The zero-order chi connectivity index (χ0) is 14.3. The van der Waals surface area contributed by atoms with Crippen molar-refractivity contribution in [1.29, 1.82) is 0 Å². The van der Waals surface area contributed by atoms with Crippen molar-refractivity contribution in [3.63, 3.8) is 0 Å². The number of para-hydroxylation sites is 1. The molecule has 4 heteroatoms. The predicted molar refractivity (Wildman–Crippen MR) is 86.3 cm³/mol. The van der Waals surface area contributed by atoms with Crippen LogP contribution in [0.2, 0.25) is 0 Å². The number of alkyl halides is 1. The Kier molecular flexibility index (Phi) is 7.10. The summed E-state index contributed by atoms with van der Waals surface area (Å²) in [5, 5.41) is 0. The second-order valence-electron chi connectivity index (χ2n) is 4.97. The molecular formula is C15H23IO3. The lowest BCUT2D eigenvalue weighted by Crippen LogP contribution is -2.25. The average Bonchev–Trinajstić information content (AvgIpc) is 2.43. The SMILES string of the molecule is COc1ccccc1C(CI)OCCC(C)(C)OC. The molecule has 0 aromatic heterocycles. The van der Waals surface area contributed by atoms with Crippen molar-refractivity contribution in [1.82, 2.24) is 0 Å². The number of rotatable bonds is 8. The molecule has 1 aromatic carbocycles. The van der Waals surface area contributed by atoms with Crippen molar-refractivity contribution in [2.24, 2.45) is 0 Å². The fraction of sp³-hybridized carbons (Fsp3) is 0.600. The highest BCUT2D eigenvalue weighted by Crippen LogP contribution is 2.29. The Bertz CT molecular complexity index is 379. The highest BCUT2D eigenvalue weighted by atomic mass is 127. The maximum Gasteiger partial charge on any atom is 0.124 e. The Hall–Kier alpha value is -0.330. The van der Waals surface area contributed by atoms with Crippen LogP contribution in [0.4, 0.5) is 0 Å². The van der Waals surface area contributed by atoms with Crippen molar-refractivity contribution >= 4 is 22.6 Å². The third-order valence-corrected chi connectivity index (χ3v) is 4.00. The summed E-state index contributed by atoms with van der Waals surface area (Å²) < 4.78 is 17.7. The van der Waals surface area contributed by atoms with Crippen LogP contribution in [-0.4, -0.2) is 30.9 Å². The molecule has 108 valence electrons. The van der Waals surface area contributed by atoms with E-state index in [1.165, 1.54) is 0 Å². The molecule has 0 aliphatic carbocycles. The molecule has 0 saturated heterocycles. The van der Waals surface area contributed by atoms with Crippen LogP contribution in [0, 0.1) is 0 Å². The first-order chi connectivity index (χ1) is 9.04. The molecule has 1 aromatic rings. The third-order valence-electron chi connectivity index (χ3n) is 3.20. The van der Waals surface area contributed by atoms with Gasteiger partial charge >= 0.3 is 0 Å². The standard InChI is InChI=1S/C15H23IO3/c1-15(2,18-4)9-10-19-14(11-16)12-7-5-6-8-13(12)17-3/h5-8,14H,9-11H2,1-4H3. The number of hydrogen-bond donors (Lipinski definition) is 0. The van der Waals surface area contributed by atoms with Crippen molar-refractivity contribution in [2.45, 2.75) is 32.0 Å². The molecule has 0 fully saturated rings. The molecule has 0 amide bonds. The summed E-state index contributed by atoms with van der Waals surface area (Å²) in [6.07, 6.45) is 0.926. The van der Waals surface area contributed by atoms with Crippen molar-refractivity contribution in [2.75, 3.05) is 25.3 Å². The third kappa shape index (κ3) is 5.28. The minimum Gasteiger partial charge on any atom is -0.496 e. The highest BCUT2D eigenvalue weighted by molar-refractivity contribution is 14.1. The molecule has 0 heterocycles. The van der Waals surface area contributed by atoms with Gasteiger partial charge in [-0.05, 0) is 26.3 Å². The van der Waals surface area contributed by atoms with E-state index in [0.717, 1.165) is 22.2 Å². The van der Waals surface area contributed by atoms with Gasteiger partial charge in [-0.1, -0.05) is 40.8 Å². The van der Waals surface area contributed by atoms with E-state index < -0.39 is 0 Å². The number of halogens is 1. The summed E-state index contributed by atoms with van der Waals surface area (Å²) in [6.45, 7) is 4.81. The molecule has 0 saturated carbocycles. The summed E-state index contributed by atoms with van der Waals surface area (Å²) in [5.74, 6) is 0.884. The zero-order valence-corrected chi connectivity index (χ0v) is 14.3. The zero-order valence-electron chi connectivity index (χ0n) is 12.1. The van der Waals surface area contributed by atoms with Crippen LogP contribution in [0.5, 0.6) is 5.75 Å². The fourth-order valence-electron chi connectivity index (χ4n) is 1.70. The summed E-state index contributed by atoms with van der Waals surface area (Å²) in [5.41, 5.74) is 0.964. The van der Waals surface area contributed by atoms with Gasteiger partial charge in [-0.15, -0.1) is 0 Å². The maximum atomic E-state index is 5.99. The van der Waals surface area contributed by atoms with E-state index in [9.17, 15) is 0 Å². The Morgan fingerprint density at radius 2 is 1.89 bits per heavy atom. The Morgan fingerprint density at radius 3 is 2.47 bits per heavy atom. The molecule has 0 spiro atoms. The van der Waals surface area contributed by atoms with E-state index >= 15 is 0 Å². The lowest BCUT2D eigenvalue weighted by Gasteiger charge is -2.24. The van der Waals surface area contributed by atoms with E-state index in [1.54, 1.807) is 14.2 Å². The number of methoxy groups -OCH3 is 2. The second kappa shape index (κ2) is 8.07. The lowest BCUT2D eigenvalue weighted by molar-refractivity contribution is -0.0228. The van der Waals surface area contributed by atoms with Gasteiger partial charge in [0.15, 0.2) is 0 Å². The van der Waals surface area contributed by atoms with Gasteiger partial charge in [0.25, 0.3) is 0 Å². The van der Waals surface area contributed by atoms with Gasteiger partial charge in [-0.25, -0.2) is 0 Å². The Balaban J connectivity index is 2.63. The molecule has 0 radical (unpaired) electrons. The molecule has 0 bridgehead atoms. The molecule has 3 nitrogen and oxygen atoms in total. The van der Waals surface area contributed by atoms with Gasteiger partial charge in [0.05, 0.1) is 25.4 Å². The fourth-order valence-corrected chi connectivity index (χ4v) is 2.43. The van der Waals surface area contributed by atoms with Crippen molar-refractivity contribution in [3.05, 3.63) is 29.8 Å². The van der Waals surface area contributed by atoms with Crippen LogP contribution < -0.4 is 4.74 Å². The van der Waals surface area contributed by atoms with Gasteiger partial charge in [-0.3, -0.25) is 0 Å². The first-order valence-electron chi connectivity index (χ1n) is 6.39. The molecule has 1 atom stereocenters.